The molecule has 0 unspecified atom stereocenters. The summed E-state index contributed by atoms with van der Waals surface area (Å²) in [6.07, 6.45) is 8.42. The summed E-state index contributed by atoms with van der Waals surface area (Å²) < 4.78 is 27.1. The molecule has 2 heterocycles. The number of nitrogens with one attached hydrogen (secondary N) is 1. The molecule has 29 heavy (non-hydrogen) atoms. The van der Waals surface area contributed by atoms with E-state index in [1.54, 1.807) is 0 Å². The van der Waals surface area contributed by atoms with E-state index in [9.17, 15) is 18.7 Å². The van der Waals surface area contributed by atoms with Crippen molar-refractivity contribution in [1.82, 2.24) is 9.97 Å². The molecule has 1 aliphatic rings. The van der Waals surface area contributed by atoms with Crippen molar-refractivity contribution in [3.8, 4) is 0 Å². The van der Waals surface area contributed by atoms with Crippen LogP contribution in [0.5, 0.6) is 0 Å². The fourth-order valence-corrected chi connectivity index (χ4v) is 4.50. The quantitative estimate of drug-likeness (QED) is 0.553. The number of aromatic carboxylic acids is 1. The number of hydrogen-bond acceptors (Lipinski definition) is 5. The Morgan fingerprint density at radius 3 is 2.72 bits per heavy atom. The van der Waals surface area contributed by atoms with Gasteiger partial charge in [0.25, 0.3) is 5.92 Å². The third kappa shape index (κ3) is 5.18. The number of allylic oxidation sites excluding steroid dienone is 2. The fourth-order valence-electron chi connectivity index (χ4n) is 3.29. The second-order valence-electron chi connectivity index (χ2n) is 7.80. The van der Waals surface area contributed by atoms with Gasteiger partial charge < -0.3 is 10.4 Å². The van der Waals surface area contributed by atoms with Crippen LogP contribution in [0.3, 0.4) is 0 Å². The maximum Gasteiger partial charge on any atom is 0.339 e. The summed E-state index contributed by atoms with van der Waals surface area (Å²) >= 11 is 1.46. The van der Waals surface area contributed by atoms with Gasteiger partial charge in [0.15, 0.2) is 5.13 Å². The van der Waals surface area contributed by atoms with E-state index in [-0.39, 0.29) is 11.4 Å². The average molecular weight is 422 g/mol. The molecule has 0 fully saturated rings. The van der Waals surface area contributed by atoms with Crippen molar-refractivity contribution in [3.05, 3.63) is 40.0 Å². The van der Waals surface area contributed by atoms with Gasteiger partial charge in [0.05, 0.1) is 5.69 Å². The normalized spacial score (nSPS) is 14.8. The molecule has 0 radical (unpaired) electrons. The smallest absolute Gasteiger partial charge is 0.339 e. The van der Waals surface area contributed by atoms with Crippen LogP contribution in [0.1, 0.15) is 72.9 Å². The standard InChI is InChI=1S/C21H25F2N3O2S/c1-12(2)9-16-17(13-7-5-4-6-8-13)25-20(29-16)26-18-15(19(27)28)10-14(11-24-18)21(3,22)23/h7,10-12H,4-6,8-9H2,1-3H3,(H,27,28)(H,24,25,26). The first-order valence-electron chi connectivity index (χ1n) is 9.73. The summed E-state index contributed by atoms with van der Waals surface area (Å²) in [5, 5.41) is 12.9. The summed E-state index contributed by atoms with van der Waals surface area (Å²) in [5.41, 5.74) is 1.44. The first-order chi connectivity index (χ1) is 13.6. The predicted octanol–water partition coefficient (Wildman–Crippen LogP) is 6.25. The van der Waals surface area contributed by atoms with Crippen LogP contribution in [-0.2, 0) is 12.3 Å². The van der Waals surface area contributed by atoms with Crippen molar-refractivity contribution in [1.29, 1.82) is 0 Å². The van der Waals surface area contributed by atoms with Gasteiger partial charge in [0, 0.05) is 23.6 Å². The van der Waals surface area contributed by atoms with E-state index < -0.39 is 17.5 Å². The monoisotopic (exact) mass is 421 g/mol. The Balaban J connectivity index is 1.96. The molecule has 0 spiro atoms. The zero-order valence-electron chi connectivity index (χ0n) is 16.8. The lowest BCUT2D eigenvalue weighted by Gasteiger charge is -2.13. The molecule has 2 aromatic heterocycles. The van der Waals surface area contributed by atoms with Crippen LogP contribution in [0.25, 0.3) is 5.57 Å². The van der Waals surface area contributed by atoms with Crippen LogP contribution in [-0.4, -0.2) is 21.0 Å². The largest absolute Gasteiger partial charge is 0.478 e. The molecular formula is C21H25F2N3O2S. The van der Waals surface area contributed by atoms with Crippen molar-refractivity contribution in [2.24, 2.45) is 5.92 Å². The summed E-state index contributed by atoms with van der Waals surface area (Å²) in [5.74, 6) is -4.02. The Morgan fingerprint density at radius 1 is 1.38 bits per heavy atom. The highest BCUT2D eigenvalue weighted by molar-refractivity contribution is 7.15. The Hall–Kier alpha value is -2.35. The van der Waals surface area contributed by atoms with E-state index in [0.29, 0.717) is 18.0 Å². The van der Waals surface area contributed by atoms with Gasteiger partial charge in [-0.25, -0.2) is 23.5 Å². The van der Waals surface area contributed by atoms with Crippen LogP contribution in [0.4, 0.5) is 19.7 Å². The lowest BCUT2D eigenvalue weighted by Crippen LogP contribution is -2.12. The molecule has 8 heteroatoms. The highest BCUT2D eigenvalue weighted by Gasteiger charge is 2.27. The Labute approximate surface area is 172 Å². The number of carbonyl (C=O) groups is 1. The van der Waals surface area contributed by atoms with Crippen molar-refractivity contribution in [3.63, 3.8) is 0 Å². The van der Waals surface area contributed by atoms with E-state index in [4.69, 9.17) is 4.98 Å². The summed E-state index contributed by atoms with van der Waals surface area (Å²) in [6, 6.07) is 0.963. The molecule has 2 N–H and O–H groups in total. The van der Waals surface area contributed by atoms with Crippen LogP contribution >= 0.6 is 11.3 Å². The number of alkyl halides is 2. The molecule has 1 aliphatic carbocycles. The molecule has 3 rings (SSSR count). The molecule has 0 saturated heterocycles. The van der Waals surface area contributed by atoms with Crippen LogP contribution in [0.2, 0.25) is 0 Å². The van der Waals surface area contributed by atoms with Crippen LogP contribution in [0, 0.1) is 5.92 Å². The van der Waals surface area contributed by atoms with E-state index >= 15 is 0 Å². The molecule has 2 aromatic rings. The van der Waals surface area contributed by atoms with Gasteiger partial charge in [-0.1, -0.05) is 19.9 Å². The number of halogens is 2. The first kappa shape index (κ1) is 21.4. The number of thiazole rings is 1. The van der Waals surface area contributed by atoms with Gasteiger partial charge in [-0.05, 0) is 49.7 Å². The number of rotatable bonds is 7. The summed E-state index contributed by atoms with van der Waals surface area (Å²) in [7, 11) is 0. The lowest BCUT2D eigenvalue weighted by molar-refractivity contribution is 0.0171. The summed E-state index contributed by atoms with van der Waals surface area (Å²) in [6.45, 7) is 4.99. The number of pyridine rings is 1. The Kier molecular flexibility index (Phi) is 6.31. The van der Waals surface area contributed by atoms with Crippen molar-refractivity contribution >= 4 is 33.8 Å². The SMILES string of the molecule is CC(C)Cc1sc(Nc2ncc(C(C)(F)F)cc2C(=O)O)nc1C1=CCCCC1. The van der Waals surface area contributed by atoms with E-state index in [0.717, 1.165) is 48.5 Å². The number of hydrogen-bond donors (Lipinski definition) is 2. The Bertz CT molecular complexity index is 932. The van der Waals surface area contributed by atoms with E-state index in [1.807, 2.05) is 0 Å². The number of aromatic nitrogens is 2. The fraction of sp³-hybridized carbons (Fsp3) is 0.476. The number of nitrogens with zero attached hydrogens (tertiary/aromatic N) is 2. The second-order valence-corrected chi connectivity index (χ2v) is 8.89. The minimum atomic E-state index is -3.16. The second kappa shape index (κ2) is 8.57. The third-order valence-electron chi connectivity index (χ3n) is 4.74. The van der Waals surface area contributed by atoms with Crippen molar-refractivity contribution in [2.45, 2.75) is 58.8 Å². The van der Waals surface area contributed by atoms with Crippen LogP contribution < -0.4 is 5.32 Å². The molecule has 0 aromatic carbocycles. The highest BCUT2D eigenvalue weighted by Crippen LogP contribution is 2.36. The van der Waals surface area contributed by atoms with Gasteiger partial charge in [0.1, 0.15) is 11.4 Å². The average Bonchev–Trinajstić information content (AvgIpc) is 3.03. The minimum absolute atomic E-state index is 0.0134. The molecule has 0 atom stereocenters. The molecule has 0 aliphatic heterocycles. The number of carboxylic acid groups (broad SMARTS) is 1. The highest BCUT2D eigenvalue weighted by atomic mass is 32.1. The van der Waals surface area contributed by atoms with Crippen LogP contribution in [0.15, 0.2) is 18.3 Å². The maximum absolute atomic E-state index is 13.6. The predicted molar refractivity (Wildman–Crippen MR) is 111 cm³/mol. The van der Waals surface area contributed by atoms with Gasteiger partial charge in [0.2, 0.25) is 0 Å². The van der Waals surface area contributed by atoms with E-state index in [1.165, 1.54) is 23.3 Å². The lowest BCUT2D eigenvalue weighted by atomic mass is 9.95. The van der Waals surface area contributed by atoms with E-state index in [2.05, 4.69) is 30.2 Å². The van der Waals surface area contributed by atoms with Crippen molar-refractivity contribution in [2.75, 3.05) is 5.32 Å². The molecule has 5 nitrogen and oxygen atoms in total. The molecule has 0 saturated carbocycles. The summed E-state index contributed by atoms with van der Waals surface area (Å²) in [4.78, 5) is 21.4. The third-order valence-corrected chi connectivity index (χ3v) is 5.73. The first-order valence-corrected chi connectivity index (χ1v) is 10.5. The Morgan fingerprint density at radius 2 is 2.14 bits per heavy atom. The topological polar surface area (TPSA) is 75.1 Å². The zero-order valence-corrected chi connectivity index (χ0v) is 17.6. The molecular weight excluding hydrogens is 396 g/mol. The number of anilines is 2. The molecule has 0 amide bonds. The van der Waals surface area contributed by atoms with Crippen molar-refractivity contribution < 1.29 is 18.7 Å². The van der Waals surface area contributed by atoms with Gasteiger partial charge >= 0.3 is 5.97 Å². The van der Waals surface area contributed by atoms with Gasteiger partial charge in [-0.15, -0.1) is 11.3 Å². The van der Waals surface area contributed by atoms with Gasteiger partial charge in [-0.2, -0.15) is 0 Å². The van der Waals surface area contributed by atoms with Gasteiger partial charge in [-0.3, -0.25) is 0 Å². The maximum atomic E-state index is 13.6. The zero-order chi connectivity index (χ0) is 21.2. The molecule has 0 bridgehead atoms. The molecule has 156 valence electrons. The number of carboxylic acids is 1. The minimum Gasteiger partial charge on any atom is -0.478 e.